The van der Waals surface area contributed by atoms with Gasteiger partial charge in [0.1, 0.15) is 0 Å². The topological polar surface area (TPSA) is 49.3 Å². The molecule has 0 saturated carbocycles. The van der Waals surface area contributed by atoms with E-state index in [1.807, 2.05) is 23.1 Å². The number of fused-ring (bicyclic) bond motifs is 2. The van der Waals surface area contributed by atoms with Gasteiger partial charge in [0.05, 0.1) is 0 Å². The van der Waals surface area contributed by atoms with Gasteiger partial charge in [-0.25, -0.2) is 0 Å². The molecule has 1 aromatic heterocycles. The first-order valence-electron chi connectivity index (χ1n) is 9.77. The second-order valence-corrected chi connectivity index (χ2v) is 7.57. The highest BCUT2D eigenvalue weighted by molar-refractivity contribution is 5.92. The van der Waals surface area contributed by atoms with E-state index in [4.69, 9.17) is 0 Å². The normalized spacial score (nSPS) is 18.0. The van der Waals surface area contributed by atoms with Crippen molar-refractivity contribution in [3.63, 3.8) is 0 Å². The van der Waals surface area contributed by atoms with Crippen LogP contribution >= 0.6 is 0 Å². The summed E-state index contributed by atoms with van der Waals surface area (Å²) in [6.07, 6.45) is 1.88. The largest absolute Gasteiger partial charge is 0.333 e. The van der Waals surface area contributed by atoms with Crippen LogP contribution in [0.15, 0.2) is 60.7 Å². The molecule has 2 aliphatic rings. The van der Waals surface area contributed by atoms with Crippen LogP contribution in [-0.4, -0.2) is 33.6 Å². The maximum atomic E-state index is 12.9. The van der Waals surface area contributed by atoms with Crippen LogP contribution in [0.1, 0.15) is 34.1 Å². The predicted molar refractivity (Wildman–Crippen MR) is 109 cm³/mol. The standard InChI is InChI=1S/C23H22N4O/c1-16-14-18-7-4-5-9-21(18)27(16)22-11-10-20(24-25-22)23(28)26-13-12-17-6-2-3-8-19(17)15-26/h2-11,16H,12-15H2,1H3. The van der Waals surface area contributed by atoms with Gasteiger partial charge in [0.15, 0.2) is 11.5 Å². The van der Waals surface area contributed by atoms with Gasteiger partial charge in [-0.05, 0) is 54.7 Å². The molecule has 0 radical (unpaired) electrons. The Morgan fingerprint density at radius 2 is 1.68 bits per heavy atom. The third kappa shape index (κ3) is 2.83. The minimum Gasteiger partial charge on any atom is -0.333 e. The molecule has 1 amide bonds. The summed E-state index contributed by atoms with van der Waals surface area (Å²) in [7, 11) is 0. The summed E-state index contributed by atoms with van der Waals surface area (Å²) in [5, 5.41) is 8.68. The quantitative estimate of drug-likeness (QED) is 0.689. The maximum Gasteiger partial charge on any atom is 0.274 e. The summed E-state index contributed by atoms with van der Waals surface area (Å²) in [4.78, 5) is 17.0. The zero-order chi connectivity index (χ0) is 19.1. The average Bonchev–Trinajstić information content (AvgIpc) is 3.08. The van der Waals surface area contributed by atoms with Crippen LogP contribution < -0.4 is 4.90 Å². The van der Waals surface area contributed by atoms with Gasteiger partial charge < -0.3 is 9.80 Å². The Morgan fingerprint density at radius 1 is 0.929 bits per heavy atom. The molecular formula is C23H22N4O. The van der Waals surface area contributed by atoms with E-state index in [0.717, 1.165) is 25.2 Å². The predicted octanol–water partition coefficient (Wildman–Crippen LogP) is 3.76. The van der Waals surface area contributed by atoms with Gasteiger partial charge in [-0.15, -0.1) is 10.2 Å². The lowest BCUT2D eigenvalue weighted by Crippen LogP contribution is -2.36. The fraction of sp³-hybridized carbons (Fsp3) is 0.261. The Kier molecular flexibility index (Phi) is 4.08. The summed E-state index contributed by atoms with van der Waals surface area (Å²) in [5.41, 5.74) is 5.45. The molecule has 140 valence electrons. The molecule has 2 aliphatic heterocycles. The molecule has 0 aliphatic carbocycles. The van der Waals surface area contributed by atoms with Crippen molar-refractivity contribution in [3.8, 4) is 0 Å². The molecule has 1 atom stereocenters. The van der Waals surface area contributed by atoms with Crippen molar-refractivity contribution in [2.24, 2.45) is 0 Å². The van der Waals surface area contributed by atoms with Crippen molar-refractivity contribution in [1.82, 2.24) is 15.1 Å². The van der Waals surface area contributed by atoms with Gasteiger partial charge in [-0.2, -0.15) is 0 Å². The lowest BCUT2D eigenvalue weighted by molar-refractivity contribution is 0.0727. The second kappa shape index (κ2) is 6.75. The first-order chi connectivity index (χ1) is 13.7. The van der Waals surface area contributed by atoms with Crippen molar-refractivity contribution in [2.75, 3.05) is 11.4 Å². The molecule has 3 aromatic rings. The number of anilines is 2. The van der Waals surface area contributed by atoms with Gasteiger partial charge in [0.2, 0.25) is 0 Å². The Bertz CT molecular complexity index is 1030. The second-order valence-electron chi connectivity index (χ2n) is 7.57. The Labute approximate surface area is 164 Å². The molecule has 5 heteroatoms. The van der Waals surface area contributed by atoms with Crippen LogP contribution in [0.2, 0.25) is 0 Å². The Morgan fingerprint density at radius 3 is 2.46 bits per heavy atom. The van der Waals surface area contributed by atoms with Gasteiger partial charge in [0, 0.05) is 24.8 Å². The number of hydrogen-bond donors (Lipinski definition) is 0. The molecule has 5 rings (SSSR count). The smallest absolute Gasteiger partial charge is 0.274 e. The van der Waals surface area contributed by atoms with Crippen molar-refractivity contribution < 1.29 is 4.79 Å². The molecule has 0 N–H and O–H groups in total. The van der Waals surface area contributed by atoms with E-state index in [1.54, 1.807) is 6.07 Å². The van der Waals surface area contributed by atoms with Crippen LogP contribution in [-0.2, 0) is 19.4 Å². The van der Waals surface area contributed by atoms with Gasteiger partial charge in [0.25, 0.3) is 5.91 Å². The number of hydrogen-bond acceptors (Lipinski definition) is 4. The van der Waals surface area contributed by atoms with Crippen molar-refractivity contribution in [3.05, 3.63) is 83.0 Å². The number of benzene rings is 2. The maximum absolute atomic E-state index is 12.9. The third-order valence-electron chi connectivity index (χ3n) is 5.74. The molecule has 0 bridgehead atoms. The van der Waals surface area contributed by atoms with E-state index in [2.05, 4.69) is 58.4 Å². The molecule has 5 nitrogen and oxygen atoms in total. The molecular weight excluding hydrogens is 348 g/mol. The molecule has 3 heterocycles. The first kappa shape index (κ1) is 16.9. The highest BCUT2D eigenvalue weighted by Crippen LogP contribution is 2.36. The van der Waals surface area contributed by atoms with Crippen LogP contribution in [0.25, 0.3) is 0 Å². The van der Waals surface area contributed by atoms with Crippen molar-refractivity contribution in [2.45, 2.75) is 32.4 Å². The lowest BCUT2D eigenvalue weighted by atomic mass is 10.00. The van der Waals surface area contributed by atoms with Crippen LogP contribution in [0, 0.1) is 0 Å². The van der Waals surface area contributed by atoms with E-state index in [9.17, 15) is 4.79 Å². The highest BCUT2D eigenvalue weighted by Gasteiger charge is 2.28. The van der Waals surface area contributed by atoms with Gasteiger partial charge in [-0.3, -0.25) is 4.79 Å². The molecule has 28 heavy (non-hydrogen) atoms. The van der Waals surface area contributed by atoms with Gasteiger partial charge >= 0.3 is 0 Å². The number of rotatable bonds is 2. The van der Waals surface area contributed by atoms with E-state index >= 15 is 0 Å². The van der Waals surface area contributed by atoms with Crippen molar-refractivity contribution in [1.29, 1.82) is 0 Å². The summed E-state index contributed by atoms with van der Waals surface area (Å²) in [5.74, 6) is 0.737. The summed E-state index contributed by atoms with van der Waals surface area (Å²) >= 11 is 0. The monoisotopic (exact) mass is 370 g/mol. The van der Waals surface area contributed by atoms with E-state index in [0.29, 0.717) is 18.3 Å². The number of nitrogens with zero attached hydrogens (tertiary/aromatic N) is 4. The summed E-state index contributed by atoms with van der Waals surface area (Å²) < 4.78 is 0. The Balaban J connectivity index is 1.37. The summed E-state index contributed by atoms with van der Waals surface area (Å²) in [6.45, 7) is 3.54. The molecule has 0 spiro atoms. The van der Waals surface area contributed by atoms with Crippen molar-refractivity contribution >= 4 is 17.4 Å². The molecule has 0 saturated heterocycles. The molecule has 2 aromatic carbocycles. The zero-order valence-corrected chi connectivity index (χ0v) is 15.9. The first-order valence-corrected chi connectivity index (χ1v) is 9.77. The Hall–Kier alpha value is -3.21. The van der Waals surface area contributed by atoms with Gasteiger partial charge in [-0.1, -0.05) is 42.5 Å². The van der Waals surface area contributed by atoms with E-state index < -0.39 is 0 Å². The fourth-order valence-electron chi connectivity index (χ4n) is 4.31. The minimum atomic E-state index is -0.0524. The number of carbonyl (C=O) groups is 1. The van der Waals surface area contributed by atoms with E-state index in [-0.39, 0.29) is 5.91 Å². The average molecular weight is 370 g/mol. The number of para-hydroxylation sites is 1. The van der Waals surface area contributed by atoms with E-state index in [1.165, 1.54) is 22.4 Å². The number of aromatic nitrogens is 2. The molecule has 0 fully saturated rings. The molecule has 1 unspecified atom stereocenters. The SMILES string of the molecule is CC1Cc2ccccc2N1c1ccc(C(=O)N2CCc3ccccc3C2)nn1. The third-order valence-corrected chi connectivity index (χ3v) is 5.74. The lowest BCUT2D eigenvalue weighted by Gasteiger charge is -2.28. The fourth-order valence-corrected chi connectivity index (χ4v) is 4.31. The number of carbonyl (C=O) groups excluding carboxylic acids is 1. The summed E-state index contributed by atoms with van der Waals surface area (Å²) in [6, 6.07) is 20.7. The van der Waals surface area contributed by atoms with Crippen LogP contribution in [0.5, 0.6) is 0 Å². The highest BCUT2D eigenvalue weighted by atomic mass is 16.2. The minimum absolute atomic E-state index is 0.0524. The van der Waals surface area contributed by atoms with Crippen LogP contribution in [0.4, 0.5) is 11.5 Å². The zero-order valence-electron chi connectivity index (χ0n) is 15.9. The number of amides is 1. The van der Waals surface area contributed by atoms with Crippen LogP contribution in [0.3, 0.4) is 0 Å².